The number of hydrogen-bond acceptors (Lipinski definition) is 3. The normalized spacial score (nSPS) is 11.6. The maximum atomic E-state index is 11.9. The Morgan fingerprint density at radius 3 is 2.46 bits per heavy atom. The maximum absolute atomic E-state index is 11.9. The van der Waals surface area contributed by atoms with E-state index in [1.165, 1.54) is 6.07 Å². The third-order valence-electron chi connectivity index (χ3n) is 3.26. The Balaban J connectivity index is 1.88. The van der Waals surface area contributed by atoms with Gasteiger partial charge < -0.3 is 15.2 Å². The topological polar surface area (TPSA) is 75.6 Å². The Hall–Kier alpha value is -2.24. The van der Waals surface area contributed by atoms with Crippen LogP contribution in [0.4, 0.5) is 0 Å². The fourth-order valence-corrected chi connectivity index (χ4v) is 2.50. The highest BCUT2D eigenvalue weighted by molar-refractivity contribution is 6.35. The standard InChI is InChI=1S/C17H15Cl2NO4/c18-12-6-7-15(14(19)8-12)24-10-16(21)20-9-13(17(22)23)11-4-2-1-3-5-11/h1-8,13H,9-10H2,(H,20,21)(H,22,23). The number of aliphatic carboxylic acids is 1. The van der Waals surface area contributed by atoms with Gasteiger partial charge in [-0.2, -0.15) is 0 Å². The van der Waals surface area contributed by atoms with Crippen LogP contribution in [-0.2, 0) is 9.59 Å². The van der Waals surface area contributed by atoms with Crippen molar-refractivity contribution in [2.45, 2.75) is 5.92 Å². The van der Waals surface area contributed by atoms with E-state index in [9.17, 15) is 14.7 Å². The van der Waals surface area contributed by atoms with E-state index in [0.717, 1.165) is 0 Å². The van der Waals surface area contributed by atoms with Crippen LogP contribution in [-0.4, -0.2) is 30.1 Å². The molecule has 5 nitrogen and oxygen atoms in total. The number of nitrogens with one attached hydrogen (secondary N) is 1. The van der Waals surface area contributed by atoms with E-state index in [0.29, 0.717) is 21.4 Å². The van der Waals surface area contributed by atoms with Crippen molar-refractivity contribution in [2.75, 3.05) is 13.2 Å². The molecule has 1 unspecified atom stereocenters. The van der Waals surface area contributed by atoms with Crippen LogP contribution in [0.2, 0.25) is 10.0 Å². The molecule has 0 aliphatic rings. The highest BCUT2D eigenvalue weighted by Gasteiger charge is 2.20. The largest absolute Gasteiger partial charge is 0.482 e. The summed E-state index contributed by atoms with van der Waals surface area (Å²) in [5, 5.41) is 12.6. The first-order valence-electron chi connectivity index (χ1n) is 7.09. The van der Waals surface area contributed by atoms with Crippen LogP contribution in [0.15, 0.2) is 48.5 Å². The van der Waals surface area contributed by atoms with Gasteiger partial charge in [-0.25, -0.2) is 0 Å². The van der Waals surface area contributed by atoms with Crippen molar-refractivity contribution in [2.24, 2.45) is 0 Å². The quantitative estimate of drug-likeness (QED) is 0.786. The molecule has 0 aromatic heterocycles. The second kappa shape index (κ2) is 8.57. The molecule has 0 aliphatic carbocycles. The summed E-state index contributed by atoms with van der Waals surface area (Å²) in [5.74, 6) is -1.95. The van der Waals surface area contributed by atoms with E-state index in [1.54, 1.807) is 42.5 Å². The van der Waals surface area contributed by atoms with Crippen LogP contribution >= 0.6 is 23.2 Å². The smallest absolute Gasteiger partial charge is 0.312 e. The minimum Gasteiger partial charge on any atom is -0.482 e. The summed E-state index contributed by atoms with van der Waals surface area (Å²) in [6.45, 7) is -0.307. The number of amides is 1. The number of halogens is 2. The summed E-state index contributed by atoms with van der Waals surface area (Å²) in [5.41, 5.74) is 0.618. The minimum atomic E-state index is -1.01. The van der Waals surface area contributed by atoms with Crippen LogP contribution in [0.5, 0.6) is 5.75 Å². The van der Waals surface area contributed by atoms with Crippen LogP contribution in [0.1, 0.15) is 11.5 Å². The summed E-state index contributed by atoms with van der Waals surface area (Å²) >= 11 is 11.7. The summed E-state index contributed by atoms with van der Waals surface area (Å²) in [7, 11) is 0. The molecule has 1 amide bonds. The molecular formula is C17H15Cl2NO4. The summed E-state index contributed by atoms with van der Waals surface area (Å²) < 4.78 is 5.30. The highest BCUT2D eigenvalue weighted by atomic mass is 35.5. The molecule has 126 valence electrons. The van der Waals surface area contributed by atoms with Crippen LogP contribution in [0.25, 0.3) is 0 Å². The summed E-state index contributed by atoms with van der Waals surface area (Å²) in [6, 6.07) is 13.4. The van der Waals surface area contributed by atoms with Crippen molar-refractivity contribution in [1.29, 1.82) is 0 Å². The number of carbonyl (C=O) groups excluding carboxylic acids is 1. The Kier molecular flexibility index (Phi) is 6.46. The average molecular weight is 368 g/mol. The van der Waals surface area contributed by atoms with Gasteiger partial charge in [0.2, 0.25) is 0 Å². The molecule has 0 heterocycles. The molecule has 0 aliphatic heterocycles. The SMILES string of the molecule is O=C(COc1ccc(Cl)cc1Cl)NCC(C(=O)O)c1ccccc1. The van der Waals surface area contributed by atoms with Gasteiger partial charge in [-0.05, 0) is 23.8 Å². The summed E-state index contributed by atoms with van der Waals surface area (Å²) in [6.07, 6.45) is 0. The van der Waals surface area contributed by atoms with E-state index < -0.39 is 17.8 Å². The lowest BCUT2D eigenvalue weighted by Crippen LogP contribution is -2.34. The van der Waals surface area contributed by atoms with Gasteiger partial charge in [0.15, 0.2) is 6.61 Å². The molecule has 2 N–H and O–H groups in total. The van der Waals surface area contributed by atoms with Gasteiger partial charge >= 0.3 is 5.97 Å². The summed E-state index contributed by atoms with van der Waals surface area (Å²) in [4.78, 5) is 23.2. The molecule has 7 heteroatoms. The van der Waals surface area contributed by atoms with E-state index in [2.05, 4.69) is 5.32 Å². The van der Waals surface area contributed by atoms with Crippen molar-refractivity contribution in [3.05, 3.63) is 64.1 Å². The second-order valence-electron chi connectivity index (χ2n) is 4.97. The molecular weight excluding hydrogens is 353 g/mol. The monoisotopic (exact) mass is 367 g/mol. The zero-order valence-electron chi connectivity index (χ0n) is 12.5. The molecule has 0 saturated carbocycles. The van der Waals surface area contributed by atoms with Gasteiger partial charge in [-0.1, -0.05) is 53.5 Å². The molecule has 2 aromatic rings. The number of hydrogen-bond donors (Lipinski definition) is 2. The number of carbonyl (C=O) groups is 2. The van der Waals surface area contributed by atoms with Gasteiger partial charge in [-0.15, -0.1) is 0 Å². The van der Waals surface area contributed by atoms with Crippen molar-refractivity contribution < 1.29 is 19.4 Å². The van der Waals surface area contributed by atoms with Crippen LogP contribution in [0, 0.1) is 0 Å². The van der Waals surface area contributed by atoms with Gasteiger partial charge in [0.25, 0.3) is 5.91 Å². The molecule has 2 aromatic carbocycles. The molecule has 1 atom stereocenters. The number of carboxylic acids is 1. The van der Waals surface area contributed by atoms with E-state index in [1.807, 2.05) is 0 Å². The zero-order chi connectivity index (χ0) is 17.5. The fraction of sp³-hybridized carbons (Fsp3) is 0.176. The predicted octanol–water partition coefficient (Wildman–Crippen LogP) is 3.36. The van der Waals surface area contributed by atoms with Crippen molar-refractivity contribution in [3.63, 3.8) is 0 Å². The van der Waals surface area contributed by atoms with Gasteiger partial charge in [0.05, 0.1) is 10.9 Å². The van der Waals surface area contributed by atoms with E-state index >= 15 is 0 Å². The Morgan fingerprint density at radius 1 is 1.12 bits per heavy atom. The number of benzene rings is 2. The van der Waals surface area contributed by atoms with E-state index in [-0.39, 0.29) is 13.2 Å². The van der Waals surface area contributed by atoms with Crippen LogP contribution in [0.3, 0.4) is 0 Å². The molecule has 0 saturated heterocycles. The lowest BCUT2D eigenvalue weighted by atomic mass is 9.99. The van der Waals surface area contributed by atoms with Crippen molar-refractivity contribution >= 4 is 35.1 Å². The Morgan fingerprint density at radius 2 is 1.83 bits per heavy atom. The number of ether oxygens (including phenoxy) is 1. The lowest BCUT2D eigenvalue weighted by Gasteiger charge is -2.14. The average Bonchev–Trinajstić information content (AvgIpc) is 2.55. The third kappa shape index (κ3) is 5.15. The van der Waals surface area contributed by atoms with Crippen LogP contribution < -0.4 is 10.1 Å². The highest BCUT2D eigenvalue weighted by Crippen LogP contribution is 2.27. The molecule has 0 bridgehead atoms. The molecule has 24 heavy (non-hydrogen) atoms. The lowest BCUT2D eigenvalue weighted by molar-refractivity contribution is -0.138. The van der Waals surface area contributed by atoms with Gasteiger partial charge in [0, 0.05) is 11.6 Å². The third-order valence-corrected chi connectivity index (χ3v) is 3.79. The van der Waals surface area contributed by atoms with Gasteiger partial charge in [0.1, 0.15) is 5.75 Å². The molecule has 0 fully saturated rings. The fourth-order valence-electron chi connectivity index (χ4n) is 2.04. The predicted molar refractivity (Wildman–Crippen MR) is 91.8 cm³/mol. The van der Waals surface area contributed by atoms with Crippen molar-refractivity contribution in [3.8, 4) is 5.75 Å². The second-order valence-corrected chi connectivity index (χ2v) is 5.81. The Bertz CT molecular complexity index is 722. The first-order chi connectivity index (χ1) is 11.5. The number of rotatable bonds is 7. The number of carboxylic acid groups (broad SMARTS) is 1. The molecule has 0 spiro atoms. The first kappa shape index (κ1) is 18.1. The molecule has 2 rings (SSSR count). The maximum Gasteiger partial charge on any atom is 0.312 e. The molecule has 0 radical (unpaired) electrons. The zero-order valence-corrected chi connectivity index (χ0v) is 14.1. The van der Waals surface area contributed by atoms with Crippen molar-refractivity contribution in [1.82, 2.24) is 5.32 Å². The first-order valence-corrected chi connectivity index (χ1v) is 7.85. The van der Waals surface area contributed by atoms with Gasteiger partial charge in [-0.3, -0.25) is 9.59 Å². The van der Waals surface area contributed by atoms with E-state index in [4.69, 9.17) is 27.9 Å². The minimum absolute atomic E-state index is 0.0319. The Labute approximate surface area is 149 Å².